The molecule has 0 saturated carbocycles. The molecule has 0 unspecified atom stereocenters. The van der Waals surface area contributed by atoms with Crippen LogP contribution in [0.25, 0.3) is 5.69 Å². The predicted molar refractivity (Wildman–Crippen MR) is 106 cm³/mol. The SMILES string of the molecule is Cc1ccc(C)n1-c1ccc(C(=O)N2CCN(C(=O)Cn3cnnn3)CC2)cc1. The highest BCUT2D eigenvalue weighted by atomic mass is 16.2. The number of tetrazole rings is 1. The molecule has 0 radical (unpaired) electrons. The summed E-state index contributed by atoms with van der Waals surface area (Å²) in [4.78, 5) is 28.7. The van der Waals surface area contributed by atoms with Gasteiger partial charge in [-0.25, -0.2) is 4.68 Å². The summed E-state index contributed by atoms with van der Waals surface area (Å²) >= 11 is 0. The van der Waals surface area contributed by atoms with Gasteiger partial charge in [0.1, 0.15) is 12.9 Å². The van der Waals surface area contributed by atoms with Gasteiger partial charge in [0.15, 0.2) is 0 Å². The Morgan fingerprint density at radius 2 is 1.52 bits per heavy atom. The highest BCUT2D eigenvalue weighted by Crippen LogP contribution is 2.18. The number of nitrogens with zero attached hydrogens (tertiary/aromatic N) is 7. The summed E-state index contributed by atoms with van der Waals surface area (Å²) in [6, 6.07) is 11.8. The first kappa shape index (κ1) is 18.9. The van der Waals surface area contributed by atoms with Gasteiger partial charge in [0.2, 0.25) is 5.91 Å². The summed E-state index contributed by atoms with van der Waals surface area (Å²) in [5.74, 6) is -0.0590. The van der Waals surface area contributed by atoms with Crippen LogP contribution < -0.4 is 0 Å². The molecule has 2 amide bonds. The van der Waals surface area contributed by atoms with Crippen LogP contribution in [0.2, 0.25) is 0 Å². The second kappa shape index (κ2) is 7.86. The fourth-order valence-corrected chi connectivity index (χ4v) is 3.66. The molecule has 0 aliphatic carbocycles. The number of rotatable bonds is 4. The van der Waals surface area contributed by atoms with Crippen LogP contribution in [-0.2, 0) is 11.3 Å². The molecule has 0 N–H and O–H groups in total. The Labute approximate surface area is 168 Å². The molecule has 3 heterocycles. The predicted octanol–water partition coefficient (Wildman–Crippen LogP) is 1.07. The molecule has 0 atom stereocenters. The summed E-state index contributed by atoms with van der Waals surface area (Å²) in [7, 11) is 0. The van der Waals surface area contributed by atoms with Crippen molar-refractivity contribution < 1.29 is 9.59 Å². The number of hydrogen-bond donors (Lipinski definition) is 0. The van der Waals surface area contributed by atoms with Crippen molar-refractivity contribution >= 4 is 11.8 Å². The molecule has 4 rings (SSSR count). The molecule has 0 bridgehead atoms. The Morgan fingerprint density at radius 3 is 2.10 bits per heavy atom. The Kier molecular flexibility index (Phi) is 5.11. The van der Waals surface area contributed by atoms with Crippen LogP contribution in [-0.4, -0.2) is 72.6 Å². The van der Waals surface area contributed by atoms with Crippen molar-refractivity contribution in [2.24, 2.45) is 0 Å². The maximum absolute atomic E-state index is 12.8. The van der Waals surface area contributed by atoms with Crippen molar-refractivity contribution in [3.8, 4) is 5.69 Å². The zero-order valence-corrected chi connectivity index (χ0v) is 16.5. The average molecular weight is 393 g/mol. The van der Waals surface area contributed by atoms with E-state index in [1.807, 2.05) is 24.3 Å². The van der Waals surface area contributed by atoms with E-state index in [1.165, 1.54) is 11.0 Å². The lowest BCUT2D eigenvalue weighted by Crippen LogP contribution is -2.51. The normalized spacial score (nSPS) is 14.3. The molecular weight excluding hydrogens is 370 g/mol. The lowest BCUT2D eigenvalue weighted by Gasteiger charge is -2.34. The largest absolute Gasteiger partial charge is 0.338 e. The van der Waals surface area contributed by atoms with Crippen molar-refractivity contribution in [2.75, 3.05) is 26.2 Å². The van der Waals surface area contributed by atoms with E-state index in [9.17, 15) is 9.59 Å². The maximum atomic E-state index is 12.8. The molecule has 1 aliphatic rings. The Hall–Kier alpha value is -3.49. The molecule has 9 heteroatoms. The minimum Gasteiger partial charge on any atom is -0.338 e. The van der Waals surface area contributed by atoms with Crippen molar-refractivity contribution in [2.45, 2.75) is 20.4 Å². The first-order chi connectivity index (χ1) is 14.0. The van der Waals surface area contributed by atoms with Gasteiger partial charge in [0, 0.05) is 48.8 Å². The third-order valence-corrected chi connectivity index (χ3v) is 5.25. The molecule has 9 nitrogen and oxygen atoms in total. The lowest BCUT2D eigenvalue weighted by atomic mass is 10.1. The number of benzene rings is 1. The number of carbonyl (C=O) groups excluding carboxylic acids is 2. The van der Waals surface area contributed by atoms with Crippen LogP contribution in [0.1, 0.15) is 21.7 Å². The van der Waals surface area contributed by atoms with E-state index < -0.39 is 0 Å². The van der Waals surface area contributed by atoms with Crippen LogP contribution in [0.5, 0.6) is 0 Å². The topological polar surface area (TPSA) is 89.2 Å². The van der Waals surface area contributed by atoms with E-state index in [2.05, 4.69) is 46.1 Å². The fraction of sp³-hybridized carbons (Fsp3) is 0.350. The van der Waals surface area contributed by atoms with Crippen molar-refractivity contribution in [1.29, 1.82) is 0 Å². The zero-order valence-electron chi connectivity index (χ0n) is 16.5. The lowest BCUT2D eigenvalue weighted by molar-refractivity contribution is -0.133. The second-order valence-electron chi connectivity index (χ2n) is 7.18. The molecule has 2 aromatic heterocycles. The van der Waals surface area contributed by atoms with Crippen molar-refractivity contribution in [3.63, 3.8) is 0 Å². The molecule has 3 aromatic rings. The number of hydrogen-bond acceptors (Lipinski definition) is 5. The van der Waals surface area contributed by atoms with Gasteiger partial charge in [-0.2, -0.15) is 0 Å². The van der Waals surface area contributed by atoms with Gasteiger partial charge in [-0.15, -0.1) is 5.10 Å². The summed E-state index contributed by atoms with van der Waals surface area (Å²) < 4.78 is 3.55. The van der Waals surface area contributed by atoms with E-state index in [0.717, 1.165) is 17.1 Å². The van der Waals surface area contributed by atoms with Crippen LogP contribution >= 0.6 is 0 Å². The highest BCUT2D eigenvalue weighted by molar-refractivity contribution is 5.94. The first-order valence-electron chi connectivity index (χ1n) is 9.56. The van der Waals surface area contributed by atoms with Gasteiger partial charge < -0.3 is 14.4 Å². The Bertz CT molecular complexity index is 981. The third kappa shape index (κ3) is 3.89. The smallest absolute Gasteiger partial charge is 0.253 e. The summed E-state index contributed by atoms with van der Waals surface area (Å²) in [6.07, 6.45) is 1.41. The van der Waals surface area contributed by atoms with Gasteiger partial charge in [0.05, 0.1) is 0 Å². The molecule has 1 saturated heterocycles. The van der Waals surface area contributed by atoms with Gasteiger partial charge in [0.25, 0.3) is 5.91 Å². The van der Waals surface area contributed by atoms with Gasteiger partial charge >= 0.3 is 0 Å². The van der Waals surface area contributed by atoms with Crippen LogP contribution in [0.15, 0.2) is 42.7 Å². The monoisotopic (exact) mass is 393 g/mol. The van der Waals surface area contributed by atoms with E-state index >= 15 is 0 Å². The number of piperazine rings is 1. The molecule has 1 fully saturated rings. The molecule has 1 aromatic carbocycles. The number of aryl methyl sites for hydroxylation is 2. The van der Waals surface area contributed by atoms with Gasteiger partial charge in [-0.3, -0.25) is 9.59 Å². The molecule has 29 heavy (non-hydrogen) atoms. The summed E-state index contributed by atoms with van der Waals surface area (Å²) in [6.45, 7) is 6.27. The van der Waals surface area contributed by atoms with Crippen molar-refractivity contribution in [1.82, 2.24) is 34.6 Å². The minimum absolute atomic E-state index is 0.00919. The maximum Gasteiger partial charge on any atom is 0.253 e. The quantitative estimate of drug-likeness (QED) is 0.661. The van der Waals surface area contributed by atoms with E-state index in [-0.39, 0.29) is 18.4 Å². The number of amides is 2. The van der Waals surface area contributed by atoms with E-state index in [4.69, 9.17) is 0 Å². The Morgan fingerprint density at radius 1 is 0.897 bits per heavy atom. The first-order valence-corrected chi connectivity index (χ1v) is 9.56. The summed E-state index contributed by atoms with van der Waals surface area (Å²) in [5, 5.41) is 10.8. The van der Waals surface area contributed by atoms with Crippen LogP contribution in [0, 0.1) is 13.8 Å². The molecular formula is C20H23N7O2. The molecule has 150 valence electrons. The zero-order chi connectivity index (χ0) is 20.4. The Balaban J connectivity index is 1.36. The van der Waals surface area contributed by atoms with Crippen LogP contribution in [0.3, 0.4) is 0 Å². The fourth-order valence-electron chi connectivity index (χ4n) is 3.66. The average Bonchev–Trinajstić information content (AvgIpc) is 3.37. The number of aromatic nitrogens is 5. The van der Waals surface area contributed by atoms with Crippen molar-refractivity contribution in [3.05, 3.63) is 59.7 Å². The summed E-state index contributed by atoms with van der Waals surface area (Å²) in [5.41, 5.74) is 4.01. The number of carbonyl (C=O) groups is 2. The molecule has 1 aliphatic heterocycles. The van der Waals surface area contributed by atoms with Gasteiger partial charge in [-0.05, 0) is 60.7 Å². The van der Waals surface area contributed by atoms with E-state index in [1.54, 1.807) is 9.80 Å². The second-order valence-corrected chi connectivity index (χ2v) is 7.18. The standard InChI is InChI=1S/C20H23N7O2/c1-15-3-4-16(2)27(15)18-7-5-17(6-8-18)20(29)25-11-9-24(10-12-25)19(28)13-26-14-21-22-23-26/h3-8,14H,9-13H2,1-2H3. The third-order valence-electron chi connectivity index (χ3n) is 5.25. The molecule has 0 spiro atoms. The van der Waals surface area contributed by atoms with E-state index in [0.29, 0.717) is 31.7 Å². The minimum atomic E-state index is -0.0498. The van der Waals surface area contributed by atoms with Gasteiger partial charge in [-0.1, -0.05) is 0 Å². The van der Waals surface area contributed by atoms with Crippen LogP contribution in [0.4, 0.5) is 0 Å². The highest BCUT2D eigenvalue weighted by Gasteiger charge is 2.25.